The second-order valence-electron chi connectivity index (χ2n) is 4.75. The van der Waals surface area contributed by atoms with Crippen LogP contribution in [0.4, 0.5) is 5.69 Å². The smallest absolute Gasteiger partial charge is 0.228 e. The van der Waals surface area contributed by atoms with Crippen molar-refractivity contribution in [1.29, 1.82) is 0 Å². The molecule has 1 atom stereocenters. The van der Waals surface area contributed by atoms with Gasteiger partial charge in [-0.05, 0) is 41.0 Å². The van der Waals surface area contributed by atoms with E-state index in [0.717, 1.165) is 31.3 Å². The molecular weight excluding hydrogens is 386 g/mol. The second-order valence-corrected chi connectivity index (χ2v) is 6.58. The second kappa shape index (κ2) is 5.31. The van der Waals surface area contributed by atoms with Crippen LogP contribution in [0.15, 0.2) is 45.3 Å². The highest BCUT2D eigenvalue weighted by molar-refractivity contribution is 9.11. The van der Waals surface area contributed by atoms with Gasteiger partial charge in [-0.2, -0.15) is 0 Å². The molecule has 20 heavy (non-hydrogen) atoms. The number of amides is 1. The van der Waals surface area contributed by atoms with Gasteiger partial charge < -0.3 is 10.4 Å². The van der Waals surface area contributed by atoms with E-state index in [-0.39, 0.29) is 5.91 Å². The summed E-state index contributed by atoms with van der Waals surface area (Å²) in [7, 11) is 0. The Balaban J connectivity index is 1.97. The van der Waals surface area contributed by atoms with Crippen LogP contribution in [0.1, 0.15) is 22.8 Å². The molecule has 0 aromatic heterocycles. The number of aliphatic hydroxyl groups is 1. The van der Waals surface area contributed by atoms with Crippen molar-refractivity contribution in [3.63, 3.8) is 0 Å². The SMILES string of the molecule is O=C1Cc2cc(C(O)c3cc(Br)cc(Br)c3)ccc2N1. The van der Waals surface area contributed by atoms with E-state index in [4.69, 9.17) is 0 Å². The van der Waals surface area contributed by atoms with Crippen LogP contribution < -0.4 is 5.32 Å². The Labute approximate surface area is 133 Å². The summed E-state index contributed by atoms with van der Waals surface area (Å²) in [4.78, 5) is 11.4. The molecule has 1 aliphatic rings. The van der Waals surface area contributed by atoms with Gasteiger partial charge in [-0.3, -0.25) is 4.79 Å². The van der Waals surface area contributed by atoms with Crippen LogP contribution in [-0.4, -0.2) is 11.0 Å². The molecule has 1 heterocycles. The van der Waals surface area contributed by atoms with Crippen molar-refractivity contribution in [3.05, 3.63) is 62.0 Å². The maximum atomic E-state index is 11.4. The maximum Gasteiger partial charge on any atom is 0.228 e. The molecule has 102 valence electrons. The lowest BCUT2D eigenvalue weighted by Gasteiger charge is -2.13. The van der Waals surface area contributed by atoms with Crippen molar-refractivity contribution in [1.82, 2.24) is 0 Å². The standard InChI is InChI=1S/C15H11Br2NO2/c16-11-4-10(5-12(17)7-11)15(20)8-1-2-13-9(3-8)6-14(19)18-13/h1-5,7,15,20H,6H2,(H,18,19). The Morgan fingerprint density at radius 3 is 2.45 bits per heavy atom. The highest BCUT2D eigenvalue weighted by atomic mass is 79.9. The van der Waals surface area contributed by atoms with Crippen LogP contribution in [0.25, 0.3) is 0 Å². The van der Waals surface area contributed by atoms with Gasteiger partial charge in [0.1, 0.15) is 6.10 Å². The molecule has 0 aliphatic carbocycles. The van der Waals surface area contributed by atoms with E-state index in [1.165, 1.54) is 0 Å². The molecule has 1 amide bonds. The third-order valence-corrected chi connectivity index (χ3v) is 4.19. The molecule has 0 fully saturated rings. The number of anilines is 1. The Morgan fingerprint density at radius 1 is 1.05 bits per heavy atom. The van der Waals surface area contributed by atoms with Crippen molar-refractivity contribution in [2.45, 2.75) is 12.5 Å². The fraction of sp³-hybridized carbons (Fsp3) is 0.133. The minimum absolute atomic E-state index is 0.00293. The van der Waals surface area contributed by atoms with E-state index in [9.17, 15) is 9.90 Å². The lowest BCUT2D eigenvalue weighted by Crippen LogP contribution is -2.03. The van der Waals surface area contributed by atoms with Gasteiger partial charge in [0, 0.05) is 14.6 Å². The van der Waals surface area contributed by atoms with E-state index in [2.05, 4.69) is 37.2 Å². The number of hydrogen-bond acceptors (Lipinski definition) is 2. The number of fused-ring (bicyclic) bond motifs is 1. The van der Waals surface area contributed by atoms with Gasteiger partial charge in [0.15, 0.2) is 0 Å². The van der Waals surface area contributed by atoms with Crippen LogP contribution in [0.3, 0.4) is 0 Å². The van der Waals surface area contributed by atoms with E-state index >= 15 is 0 Å². The molecule has 2 aromatic rings. The fourth-order valence-electron chi connectivity index (χ4n) is 2.34. The summed E-state index contributed by atoms with van der Waals surface area (Å²) >= 11 is 6.83. The van der Waals surface area contributed by atoms with Crippen LogP contribution in [-0.2, 0) is 11.2 Å². The zero-order valence-corrected chi connectivity index (χ0v) is 13.5. The first kappa shape index (κ1) is 13.8. The fourth-order valence-corrected chi connectivity index (χ4v) is 3.67. The van der Waals surface area contributed by atoms with Gasteiger partial charge in [0.25, 0.3) is 0 Å². The van der Waals surface area contributed by atoms with Gasteiger partial charge in [-0.25, -0.2) is 0 Å². The van der Waals surface area contributed by atoms with E-state index < -0.39 is 6.10 Å². The number of hydrogen-bond donors (Lipinski definition) is 2. The predicted molar refractivity (Wildman–Crippen MR) is 84.7 cm³/mol. The number of carbonyl (C=O) groups is 1. The van der Waals surface area contributed by atoms with E-state index in [1.807, 2.05) is 36.4 Å². The molecule has 0 saturated carbocycles. The van der Waals surface area contributed by atoms with Crippen molar-refractivity contribution >= 4 is 43.5 Å². The molecule has 1 aliphatic heterocycles. The number of benzene rings is 2. The molecule has 1 unspecified atom stereocenters. The lowest BCUT2D eigenvalue weighted by atomic mass is 9.99. The van der Waals surface area contributed by atoms with Gasteiger partial charge in [0.2, 0.25) is 5.91 Å². The van der Waals surface area contributed by atoms with E-state index in [1.54, 1.807) is 0 Å². The summed E-state index contributed by atoms with van der Waals surface area (Å²) in [5, 5.41) is 13.3. The molecule has 0 radical (unpaired) electrons. The summed E-state index contributed by atoms with van der Waals surface area (Å²) in [6, 6.07) is 11.2. The lowest BCUT2D eigenvalue weighted by molar-refractivity contribution is -0.115. The molecule has 3 rings (SSSR count). The normalized spacial score (nSPS) is 14.8. The summed E-state index contributed by atoms with van der Waals surface area (Å²) in [5.74, 6) is -0.00293. The molecule has 3 nitrogen and oxygen atoms in total. The van der Waals surface area contributed by atoms with Gasteiger partial charge in [0.05, 0.1) is 6.42 Å². The zero-order chi connectivity index (χ0) is 14.3. The first-order valence-corrected chi connectivity index (χ1v) is 7.68. The number of halogens is 2. The van der Waals surface area contributed by atoms with Crippen molar-refractivity contribution in [2.75, 3.05) is 5.32 Å². The van der Waals surface area contributed by atoms with Crippen molar-refractivity contribution < 1.29 is 9.90 Å². The quantitative estimate of drug-likeness (QED) is 0.811. The zero-order valence-electron chi connectivity index (χ0n) is 10.4. The summed E-state index contributed by atoms with van der Waals surface area (Å²) < 4.78 is 1.80. The number of carbonyl (C=O) groups excluding carboxylic acids is 1. The minimum Gasteiger partial charge on any atom is -0.384 e. The third kappa shape index (κ3) is 2.66. The maximum absolute atomic E-state index is 11.4. The first-order valence-electron chi connectivity index (χ1n) is 6.09. The Bertz CT molecular complexity index is 680. The van der Waals surface area contributed by atoms with Crippen LogP contribution in [0.2, 0.25) is 0 Å². The summed E-state index contributed by atoms with van der Waals surface area (Å²) in [6.07, 6.45) is -0.345. The molecule has 0 spiro atoms. The topological polar surface area (TPSA) is 49.3 Å². The van der Waals surface area contributed by atoms with Crippen LogP contribution >= 0.6 is 31.9 Å². The molecule has 5 heteroatoms. The molecule has 0 saturated heterocycles. The minimum atomic E-state index is -0.718. The van der Waals surface area contributed by atoms with E-state index in [0.29, 0.717) is 6.42 Å². The molecule has 2 aromatic carbocycles. The number of rotatable bonds is 2. The predicted octanol–water partition coefficient (Wildman–Crippen LogP) is 3.79. The van der Waals surface area contributed by atoms with Gasteiger partial charge in [-0.15, -0.1) is 0 Å². The largest absolute Gasteiger partial charge is 0.384 e. The molecule has 0 bridgehead atoms. The first-order chi connectivity index (χ1) is 9.52. The molecule has 2 N–H and O–H groups in total. The Morgan fingerprint density at radius 2 is 1.75 bits per heavy atom. The Kier molecular flexibility index (Phi) is 3.67. The van der Waals surface area contributed by atoms with Gasteiger partial charge in [-0.1, -0.05) is 44.0 Å². The van der Waals surface area contributed by atoms with Crippen molar-refractivity contribution in [3.8, 4) is 0 Å². The number of aliphatic hydroxyl groups excluding tert-OH is 1. The third-order valence-electron chi connectivity index (χ3n) is 3.27. The van der Waals surface area contributed by atoms with Crippen LogP contribution in [0.5, 0.6) is 0 Å². The highest BCUT2D eigenvalue weighted by Crippen LogP contribution is 2.31. The summed E-state index contributed by atoms with van der Waals surface area (Å²) in [5.41, 5.74) is 3.34. The monoisotopic (exact) mass is 395 g/mol. The number of nitrogens with one attached hydrogen (secondary N) is 1. The highest BCUT2D eigenvalue weighted by Gasteiger charge is 2.20. The Hall–Kier alpha value is -1.17. The molecular formula is C15H11Br2NO2. The average molecular weight is 397 g/mol. The van der Waals surface area contributed by atoms with Gasteiger partial charge >= 0.3 is 0 Å². The summed E-state index contributed by atoms with van der Waals surface area (Å²) in [6.45, 7) is 0. The average Bonchev–Trinajstić information content (AvgIpc) is 2.75. The van der Waals surface area contributed by atoms with Crippen molar-refractivity contribution in [2.24, 2.45) is 0 Å². The van der Waals surface area contributed by atoms with Crippen LogP contribution in [0, 0.1) is 0 Å².